The second-order valence-electron chi connectivity index (χ2n) is 3.56. The lowest BCUT2D eigenvalue weighted by Crippen LogP contribution is -2.32. The van der Waals surface area contributed by atoms with Crippen LogP contribution < -0.4 is 10.6 Å². The second-order valence-corrected chi connectivity index (χ2v) is 4.54. The van der Waals surface area contributed by atoms with Gasteiger partial charge < -0.3 is 5.32 Å². The van der Waals surface area contributed by atoms with Crippen LogP contribution in [0.4, 0.5) is 13.2 Å². The van der Waals surface area contributed by atoms with Crippen LogP contribution in [0.25, 0.3) is 5.70 Å². The van der Waals surface area contributed by atoms with E-state index < -0.39 is 11.7 Å². The number of alkyl halides is 3. The van der Waals surface area contributed by atoms with Crippen LogP contribution in [0.5, 0.6) is 0 Å². The molecular weight excluding hydrogens is 249 g/mol. The number of rotatable bonds is 2. The minimum atomic E-state index is -4.28. The van der Waals surface area contributed by atoms with Gasteiger partial charge in [-0.3, -0.25) is 5.32 Å². The Balaban J connectivity index is 2.14. The summed E-state index contributed by atoms with van der Waals surface area (Å²) in [4.78, 5) is 0. The molecule has 0 aliphatic carbocycles. The highest BCUT2D eigenvalue weighted by molar-refractivity contribution is 8.03. The van der Waals surface area contributed by atoms with Gasteiger partial charge >= 0.3 is 6.18 Å². The fourth-order valence-corrected chi connectivity index (χ4v) is 2.28. The van der Waals surface area contributed by atoms with Gasteiger partial charge in [-0.1, -0.05) is 23.9 Å². The zero-order valence-electron chi connectivity index (χ0n) is 9.01. The summed E-state index contributed by atoms with van der Waals surface area (Å²) in [6, 6.07) is 5.13. The number of nitrogens with one attached hydrogen (secondary N) is 2. The zero-order valence-corrected chi connectivity index (χ0v) is 9.82. The monoisotopic (exact) mass is 260 g/mol. The quantitative estimate of drug-likeness (QED) is 0.855. The molecule has 1 heterocycles. The molecule has 1 aliphatic rings. The van der Waals surface area contributed by atoms with E-state index in [2.05, 4.69) is 10.6 Å². The lowest BCUT2D eigenvalue weighted by atomic mass is 10.1. The van der Waals surface area contributed by atoms with Crippen LogP contribution >= 0.6 is 11.8 Å². The highest BCUT2D eigenvalue weighted by Gasteiger charge is 2.30. The molecule has 0 radical (unpaired) electrons. The van der Waals surface area contributed by atoms with Crippen molar-refractivity contribution >= 4 is 17.5 Å². The first-order valence-corrected chi connectivity index (χ1v) is 5.92. The highest BCUT2D eigenvalue weighted by atomic mass is 32.2. The van der Waals surface area contributed by atoms with Crippen molar-refractivity contribution in [2.24, 2.45) is 0 Å². The maximum atomic E-state index is 12.4. The van der Waals surface area contributed by atoms with Gasteiger partial charge in [-0.2, -0.15) is 13.2 Å². The van der Waals surface area contributed by atoms with E-state index in [9.17, 15) is 13.2 Å². The third-order valence-electron chi connectivity index (χ3n) is 2.39. The normalized spacial score (nSPS) is 20.0. The molecule has 0 fully saturated rings. The first-order chi connectivity index (χ1) is 8.00. The summed E-state index contributed by atoms with van der Waals surface area (Å²) < 4.78 is 37.1. The summed E-state index contributed by atoms with van der Waals surface area (Å²) in [5, 5.41) is 8.06. The van der Waals surface area contributed by atoms with Gasteiger partial charge in [0, 0.05) is 5.70 Å². The Labute approximate surface area is 101 Å². The molecule has 0 aromatic heterocycles. The van der Waals surface area contributed by atoms with Gasteiger partial charge in [0.05, 0.1) is 5.56 Å². The van der Waals surface area contributed by atoms with Gasteiger partial charge in [-0.25, -0.2) is 0 Å². The van der Waals surface area contributed by atoms with Crippen molar-refractivity contribution in [1.29, 1.82) is 0 Å². The van der Waals surface area contributed by atoms with E-state index in [-0.39, 0.29) is 5.50 Å². The van der Waals surface area contributed by atoms with E-state index in [0.717, 1.165) is 23.4 Å². The van der Waals surface area contributed by atoms with Crippen LogP contribution in [-0.2, 0) is 6.18 Å². The maximum Gasteiger partial charge on any atom is 0.416 e. The molecule has 92 valence electrons. The number of hydrogen-bond donors (Lipinski definition) is 2. The predicted molar refractivity (Wildman–Crippen MR) is 63.0 cm³/mol. The van der Waals surface area contributed by atoms with Gasteiger partial charge in [-0.05, 0) is 30.2 Å². The Kier molecular flexibility index (Phi) is 3.35. The number of thioether (sulfide) groups is 1. The average molecular weight is 260 g/mol. The Morgan fingerprint density at radius 2 is 1.88 bits per heavy atom. The smallest absolute Gasteiger partial charge is 0.360 e. The summed E-state index contributed by atoms with van der Waals surface area (Å²) in [5.74, 6) is 0. The Morgan fingerprint density at radius 3 is 2.35 bits per heavy atom. The van der Waals surface area contributed by atoms with Crippen molar-refractivity contribution in [3.8, 4) is 0 Å². The molecule has 17 heavy (non-hydrogen) atoms. The minimum absolute atomic E-state index is 0.0762. The lowest BCUT2D eigenvalue weighted by Gasteiger charge is -2.12. The van der Waals surface area contributed by atoms with Crippen LogP contribution in [0, 0.1) is 0 Å². The van der Waals surface area contributed by atoms with Gasteiger partial charge in [0.15, 0.2) is 0 Å². The molecule has 1 unspecified atom stereocenters. The summed E-state index contributed by atoms with van der Waals surface area (Å²) in [7, 11) is 1.81. The molecule has 1 aliphatic heterocycles. The summed E-state index contributed by atoms with van der Waals surface area (Å²) >= 11 is 1.55. The largest absolute Gasteiger partial charge is 0.416 e. The second kappa shape index (κ2) is 4.62. The molecule has 1 atom stereocenters. The fourth-order valence-electron chi connectivity index (χ4n) is 1.48. The van der Waals surface area contributed by atoms with Crippen molar-refractivity contribution in [3.63, 3.8) is 0 Å². The third-order valence-corrected chi connectivity index (χ3v) is 3.39. The lowest BCUT2D eigenvalue weighted by molar-refractivity contribution is -0.137. The standard InChI is InChI=1S/C11H11F3N2S/c1-15-10-16-9(6-17-10)7-2-4-8(5-3-7)11(12,13)14/h2-6,10,15-16H,1H3. The van der Waals surface area contributed by atoms with Crippen LogP contribution in [0.2, 0.25) is 0 Å². The topological polar surface area (TPSA) is 24.1 Å². The van der Waals surface area contributed by atoms with E-state index in [4.69, 9.17) is 0 Å². The molecule has 0 bridgehead atoms. The van der Waals surface area contributed by atoms with E-state index in [0.29, 0.717) is 0 Å². The number of benzene rings is 1. The molecule has 6 heteroatoms. The van der Waals surface area contributed by atoms with Gasteiger partial charge in [0.2, 0.25) is 0 Å². The highest BCUT2D eigenvalue weighted by Crippen LogP contribution is 2.31. The Hall–Kier alpha value is -1.14. The molecule has 1 aromatic rings. The van der Waals surface area contributed by atoms with E-state index in [1.165, 1.54) is 12.1 Å². The van der Waals surface area contributed by atoms with Crippen LogP contribution in [0.15, 0.2) is 29.7 Å². The van der Waals surface area contributed by atoms with Crippen LogP contribution in [-0.4, -0.2) is 12.5 Å². The molecule has 0 spiro atoms. The predicted octanol–water partition coefficient (Wildman–Crippen LogP) is 2.84. The van der Waals surface area contributed by atoms with Crippen LogP contribution in [0.1, 0.15) is 11.1 Å². The zero-order chi connectivity index (χ0) is 12.5. The molecule has 0 saturated carbocycles. The molecule has 2 N–H and O–H groups in total. The average Bonchev–Trinajstić information content (AvgIpc) is 2.76. The van der Waals surface area contributed by atoms with Crippen molar-refractivity contribution in [3.05, 3.63) is 40.8 Å². The molecule has 1 aromatic carbocycles. The van der Waals surface area contributed by atoms with Gasteiger partial charge in [-0.15, -0.1) is 0 Å². The fraction of sp³-hybridized carbons (Fsp3) is 0.273. The Bertz CT molecular complexity index is 425. The molecule has 2 rings (SSSR count). The van der Waals surface area contributed by atoms with Gasteiger partial charge in [0.25, 0.3) is 0 Å². The van der Waals surface area contributed by atoms with Gasteiger partial charge in [0.1, 0.15) is 5.50 Å². The van der Waals surface area contributed by atoms with E-state index >= 15 is 0 Å². The van der Waals surface area contributed by atoms with Crippen molar-refractivity contribution < 1.29 is 13.2 Å². The van der Waals surface area contributed by atoms with Crippen molar-refractivity contribution in [1.82, 2.24) is 10.6 Å². The van der Waals surface area contributed by atoms with E-state index in [1.54, 1.807) is 11.8 Å². The van der Waals surface area contributed by atoms with Crippen molar-refractivity contribution in [2.45, 2.75) is 11.7 Å². The molecule has 0 saturated heterocycles. The third kappa shape index (κ3) is 2.76. The first kappa shape index (κ1) is 12.3. The first-order valence-electron chi connectivity index (χ1n) is 4.98. The number of halogens is 3. The van der Waals surface area contributed by atoms with Crippen molar-refractivity contribution in [2.75, 3.05) is 7.05 Å². The molecule has 0 amide bonds. The number of hydrogen-bond acceptors (Lipinski definition) is 3. The van der Waals surface area contributed by atoms with Crippen LogP contribution in [0.3, 0.4) is 0 Å². The Morgan fingerprint density at radius 1 is 1.24 bits per heavy atom. The molecule has 2 nitrogen and oxygen atoms in total. The summed E-state index contributed by atoms with van der Waals surface area (Å²) in [6.07, 6.45) is -4.28. The SMILES string of the molecule is CNC1NC(c2ccc(C(F)(F)F)cc2)=CS1. The minimum Gasteiger partial charge on any atom is -0.360 e. The molecular formula is C11H11F3N2S. The maximum absolute atomic E-state index is 12.4. The summed E-state index contributed by atoms with van der Waals surface area (Å²) in [5.41, 5.74) is 1.04. The van der Waals surface area contributed by atoms with E-state index in [1.807, 2.05) is 12.5 Å². The summed E-state index contributed by atoms with van der Waals surface area (Å²) in [6.45, 7) is 0.